The van der Waals surface area contributed by atoms with Gasteiger partial charge in [0.1, 0.15) is 23.7 Å². The summed E-state index contributed by atoms with van der Waals surface area (Å²) in [5.74, 6) is 0.0714. The van der Waals surface area contributed by atoms with E-state index >= 15 is 0 Å². The smallest absolute Gasteiger partial charge is 0.345 e. The molecule has 3 aromatic carbocycles. The van der Waals surface area contributed by atoms with Crippen molar-refractivity contribution in [2.75, 3.05) is 20.8 Å². The number of carbonyl (C=O) groups is 2. The fourth-order valence-electron chi connectivity index (χ4n) is 4.30. The highest BCUT2D eigenvalue weighted by Crippen LogP contribution is 2.44. The van der Waals surface area contributed by atoms with E-state index in [1.807, 2.05) is 37.3 Å². The molecule has 0 saturated carbocycles. The maximum absolute atomic E-state index is 12.8. The van der Waals surface area contributed by atoms with Gasteiger partial charge in [-0.2, -0.15) is 0 Å². The van der Waals surface area contributed by atoms with Gasteiger partial charge in [-0.05, 0) is 55.5 Å². The number of benzene rings is 3. The first kappa shape index (κ1) is 28.4. The Morgan fingerprint density at radius 1 is 1.05 bits per heavy atom. The third kappa shape index (κ3) is 6.71. The Labute approximate surface area is 232 Å². The highest BCUT2D eigenvalue weighted by Gasteiger charge is 2.27. The van der Waals surface area contributed by atoms with Gasteiger partial charge < -0.3 is 28.4 Å². The zero-order valence-electron chi connectivity index (χ0n) is 22.2. The molecule has 1 unspecified atom stereocenters. The van der Waals surface area contributed by atoms with Gasteiger partial charge in [0.25, 0.3) is 0 Å². The van der Waals surface area contributed by atoms with E-state index in [1.165, 1.54) is 26.4 Å². The summed E-state index contributed by atoms with van der Waals surface area (Å²) in [5, 5.41) is 0.434. The Bertz CT molecular complexity index is 1300. The van der Waals surface area contributed by atoms with E-state index in [4.69, 9.17) is 40.0 Å². The summed E-state index contributed by atoms with van der Waals surface area (Å²) in [5.41, 5.74) is 2.38. The van der Waals surface area contributed by atoms with Crippen molar-refractivity contribution in [3.8, 4) is 23.0 Å². The topological polar surface area (TPSA) is 89.5 Å². The van der Waals surface area contributed by atoms with Crippen molar-refractivity contribution in [1.29, 1.82) is 0 Å². The first-order valence-corrected chi connectivity index (χ1v) is 13.0. The Morgan fingerprint density at radius 3 is 2.51 bits per heavy atom. The molecule has 8 nitrogen and oxygen atoms in total. The van der Waals surface area contributed by atoms with Crippen molar-refractivity contribution >= 4 is 23.9 Å². The van der Waals surface area contributed by atoms with E-state index in [9.17, 15) is 9.59 Å². The Hall–Kier alpha value is -3.59. The predicted molar refractivity (Wildman–Crippen MR) is 145 cm³/mol. The fourth-order valence-corrected chi connectivity index (χ4v) is 4.49. The van der Waals surface area contributed by atoms with Gasteiger partial charge in [-0.25, -0.2) is 4.79 Å². The molecule has 39 heavy (non-hydrogen) atoms. The summed E-state index contributed by atoms with van der Waals surface area (Å²) in [4.78, 5) is 24.4. The molecule has 0 bridgehead atoms. The van der Waals surface area contributed by atoms with Gasteiger partial charge in [0.05, 0.1) is 31.4 Å². The van der Waals surface area contributed by atoms with Crippen LogP contribution in [0.5, 0.6) is 23.0 Å². The van der Waals surface area contributed by atoms with Crippen LogP contribution < -0.4 is 14.2 Å². The molecule has 0 radical (unpaired) electrons. The van der Waals surface area contributed by atoms with Crippen molar-refractivity contribution < 1.29 is 38.0 Å². The lowest BCUT2D eigenvalue weighted by molar-refractivity contribution is -0.169. The third-order valence-corrected chi connectivity index (χ3v) is 6.85. The highest BCUT2D eigenvalue weighted by molar-refractivity contribution is 6.32. The lowest BCUT2D eigenvalue weighted by Crippen LogP contribution is -2.22. The molecule has 1 aliphatic rings. The molecule has 0 aromatic heterocycles. The lowest BCUT2D eigenvalue weighted by atomic mass is 10.1. The van der Waals surface area contributed by atoms with Crippen LogP contribution in [0, 0.1) is 6.92 Å². The van der Waals surface area contributed by atoms with Crippen LogP contribution >= 0.6 is 11.6 Å². The van der Waals surface area contributed by atoms with Crippen molar-refractivity contribution in [2.45, 2.75) is 45.7 Å². The monoisotopic (exact) mass is 554 g/mol. The molecule has 9 heteroatoms. The largest absolute Gasteiger partial charge is 0.495 e. The Morgan fingerprint density at radius 2 is 1.85 bits per heavy atom. The molecule has 206 valence electrons. The normalized spacial score (nSPS) is 14.9. The number of carbonyl (C=O) groups excluding carboxylic acids is 2. The average molecular weight is 555 g/mol. The second-order valence-corrected chi connectivity index (χ2v) is 9.35. The molecular weight excluding hydrogens is 524 g/mol. The first-order valence-electron chi connectivity index (χ1n) is 12.6. The van der Waals surface area contributed by atoms with Crippen LogP contribution in [-0.2, 0) is 27.4 Å². The van der Waals surface area contributed by atoms with Gasteiger partial charge in [-0.1, -0.05) is 41.9 Å². The van der Waals surface area contributed by atoms with Crippen LogP contribution in [0.2, 0.25) is 5.02 Å². The number of esters is 1. The lowest BCUT2D eigenvalue weighted by Gasteiger charge is -2.25. The summed E-state index contributed by atoms with van der Waals surface area (Å²) in [6, 6.07) is 14.5. The summed E-state index contributed by atoms with van der Waals surface area (Å²) < 4.78 is 34.8. The van der Waals surface area contributed by atoms with Gasteiger partial charge in [-0.3, -0.25) is 4.79 Å². The van der Waals surface area contributed by atoms with Gasteiger partial charge in [-0.15, -0.1) is 0 Å². The van der Waals surface area contributed by atoms with Crippen LogP contribution in [0.25, 0.3) is 0 Å². The van der Waals surface area contributed by atoms with Crippen LogP contribution in [0.3, 0.4) is 0 Å². The molecule has 0 N–H and O–H groups in total. The summed E-state index contributed by atoms with van der Waals surface area (Å²) >= 11 is 6.79. The van der Waals surface area contributed by atoms with E-state index in [-0.39, 0.29) is 47.9 Å². The highest BCUT2D eigenvalue weighted by atomic mass is 35.5. The van der Waals surface area contributed by atoms with Crippen molar-refractivity contribution in [1.82, 2.24) is 0 Å². The molecule has 0 spiro atoms. The van der Waals surface area contributed by atoms with E-state index in [0.29, 0.717) is 29.2 Å². The fraction of sp³-hybridized carbons (Fsp3) is 0.333. The third-order valence-electron chi connectivity index (χ3n) is 6.33. The number of aryl methyl sites for hydroxylation is 1. The Balaban J connectivity index is 1.79. The molecule has 1 atom stereocenters. The first-order chi connectivity index (χ1) is 19.0. The molecule has 0 amide bonds. The van der Waals surface area contributed by atoms with Gasteiger partial charge in [0, 0.05) is 12.2 Å². The minimum Gasteiger partial charge on any atom is -0.495 e. The number of aldehydes is 1. The quantitative estimate of drug-likeness (QED) is 0.192. The number of ether oxygens (including phenoxy) is 6. The van der Waals surface area contributed by atoms with E-state index in [0.717, 1.165) is 30.4 Å². The van der Waals surface area contributed by atoms with Crippen molar-refractivity contribution in [3.63, 3.8) is 0 Å². The minimum atomic E-state index is -0.732. The molecule has 1 heterocycles. The molecule has 1 fully saturated rings. The number of hydrogen-bond donors (Lipinski definition) is 0. The van der Waals surface area contributed by atoms with Gasteiger partial charge >= 0.3 is 5.97 Å². The zero-order chi connectivity index (χ0) is 27.8. The Kier molecular flexibility index (Phi) is 9.81. The van der Waals surface area contributed by atoms with E-state index < -0.39 is 5.97 Å². The van der Waals surface area contributed by atoms with Crippen molar-refractivity contribution in [3.05, 3.63) is 81.4 Å². The SMILES string of the molecule is COC(=O)c1c(Oc2c(OCc3ccccc3)cc(C)c(Cl)c2COC2CCCCO2)ccc(C=O)c1OC. The van der Waals surface area contributed by atoms with E-state index in [2.05, 4.69) is 0 Å². The average Bonchev–Trinajstić information content (AvgIpc) is 2.98. The standard InChI is InChI=1S/C30H31ClO8/c1-19-15-24(37-17-20-9-5-4-6-10-20)29(22(27(19)31)18-38-25-11-7-8-14-36-25)39-23-13-12-21(16-32)28(34-2)26(23)30(33)35-3/h4-6,9-10,12-13,15-16,25H,7-8,11,14,17-18H2,1-3H3. The predicted octanol–water partition coefficient (Wildman–Crippen LogP) is 6.67. The van der Waals surface area contributed by atoms with Gasteiger partial charge in [0.15, 0.2) is 24.1 Å². The van der Waals surface area contributed by atoms with Crippen molar-refractivity contribution in [2.24, 2.45) is 0 Å². The summed E-state index contributed by atoms with van der Waals surface area (Å²) in [6.45, 7) is 2.84. The van der Waals surface area contributed by atoms with Crippen LogP contribution in [0.1, 0.15) is 56.7 Å². The minimum absolute atomic E-state index is 0.0349. The second kappa shape index (κ2) is 13.5. The molecule has 0 aliphatic carbocycles. The molecule has 1 aliphatic heterocycles. The van der Waals surface area contributed by atoms with Crippen LogP contribution in [-0.4, -0.2) is 39.4 Å². The number of hydrogen-bond acceptors (Lipinski definition) is 8. The summed E-state index contributed by atoms with van der Waals surface area (Å²) in [6.07, 6.45) is 3.00. The number of rotatable bonds is 11. The molecule has 3 aromatic rings. The maximum atomic E-state index is 12.8. The van der Waals surface area contributed by atoms with E-state index in [1.54, 1.807) is 6.07 Å². The molecule has 1 saturated heterocycles. The van der Waals surface area contributed by atoms with Gasteiger partial charge in [0.2, 0.25) is 0 Å². The van der Waals surface area contributed by atoms with Crippen LogP contribution in [0.4, 0.5) is 0 Å². The molecule has 4 rings (SSSR count). The number of halogens is 1. The van der Waals surface area contributed by atoms with Crippen LogP contribution in [0.15, 0.2) is 48.5 Å². The number of methoxy groups -OCH3 is 2. The second-order valence-electron chi connectivity index (χ2n) is 8.97. The maximum Gasteiger partial charge on any atom is 0.345 e. The zero-order valence-corrected chi connectivity index (χ0v) is 22.9. The summed E-state index contributed by atoms with van der Waals surface area (Å²) in [7, 11) is 2.60. The molecular formula is C30H31ClO8.